The number of fused-ring (bicyclic) bond motifs is 2. The third-order valence-electron chi connectivity index (χ3n) is 7.77. The van der Waals surface area contributed by atoms with Gasteiger partial charge in [-0.25, -0.2) is 0 Å². The summed E-state index contributed by atoms with van der Waals surface area (Å²) in [6, 6.07) is 10.7. The maximum Gasteiger partial charge on any atom is 0.157 e. The Morgan fingerprint density at radius 2 is 1.33 bits per heavy atom. The summed E-state index contributed by atoms with van der Waals surface area (Å²) in [6.07, 6.45) is -5.53. The van der Waals surface area contributed by atoms with Gasteiger partial charge in [-0.15, -0.1) is 4.91 Å². The monoisotopic (exact) mass is 591 g/mol. The molecule has 0 aromatic heterocycles. The van der Waals surface area contributed by atoms with Gasteiger partial charge in [-0.2, -0.15) is 0 Å². The van der Waals surface area contributed by atoms with Crippen molar-refractivity contribution in [3.05, 3.63) is 87.3 Å². The van der Waals surface area contributed by atoms with Gasteiger partial charge in [0.25, 0.3) is 0 Å². The Balaban J connectivity index is 1.55. The maximum atomic E-state index is 11.8. The Morgan fingerprint density at radius 1 is 0.651 bits per heavy atom. The van der Waals surface area contributed by atoms with Gasteiger partial charge in [0, 0.05) is 41.3 Å². The van der Waals surface area contributed by atoms with E-state index in [1.165, 1.54) is 36.4 Å². The molecule has 0 fully saturated rings. The van der Waals surface area contributed by atoms with Crippen molar-refractivity contribution >= 4 is 5.69 Å². The Morgan fingerprint density at radius 3 is 2.02 bits per heavy atom. The summed E-state index contributed by atoms with van der Waals surface area (Å²) in [5, 5.41) is 98.6. The quantitative estimate of drug-likeness (QED) is 0.122. The molecule has 13 heteroatoms. The number of phenols is 7. The van der Waals surface area contributed by atoms with Crippen molar-refractivity contribution < 1.29 is 55.4 Å². The Kier molecular flexibility index (Phi) is 6.55. The van der Waals surface area contributed by atoms with E-state index in [0.717, 1.165) is 18.2 Å². The van der Waals surface area contributed by atoms with Crippen LogP contribution in [0.1, 0.15) is 45.9 Å². The van der Waals surface area contributed by atoms with Crippen LogP contribution in [0.4, 0.5) is 5.69 Å². The van der Waals surface area contributed by atoms with Crippen molar-refractivity contribution in [3.63, 3.8) is 0 Å². The van der Waals surface area contributed by atoms with Gasteiger partial charge in [-0.1, -0.05) is 12.1 Å². The first kappa shape index (κ1) is 27.8. The zero-order valence-corrected chi connectivity index (χ0v) is 22.0. The van der Waals surface area contributed by atoms with Crippen molar-refractivity contribution in [2.24, 2.45) is 5.18 Å². The molecular weight excluding hydrogens is 566 g/mol. The molecule has 0 radical (unpaired) electrons. The van der Waals surface area contributed by atoms with Crippen molar-refractivity contribution in [1.82, 2.24) is 0 Å². The minimum Gasteiger partial charge on any atom is -0.508 e. The van der Waals surface area contributed by atoms with Gasteiger partial charge in [-0.3, -0.25) is 0 Å². The summed E-state index contributed by atoms with van der Waals surface area (Å²) >= 11 is 0. The molecule has 4 aromatic carbocycles. The van der Waals surface area contributed by atoms with Crippen LogP contribution in [0.5, 0.6) is 51.7 Å². The molecule has 0 aliphatic carbocycles. The smallest absolute Gasteiger partial charge is 0.157 e. The predicted octanol–water partition coefficient (Wildman–Crippen LogP) is 3.69. The topological polar surface area (TPSA) is 230 Å². The SMILES string of the molecule is O=Nc1ccc([C@H]2Oc3cc(O)cc(O)c3C(c3c(O)cc(O)c4c3O[C@H](c3ccc(O)c(O)c3)[C@H](O)C4)[C@H]2O)cc1O. The highest BCUT2D eigenvalue weighted by molar-refractivity contribution is 5.66. The summed E-state index contributed by atoms with van der Waals surface area (Å²) < 4.78 is 12.1. The number of aromatic hydroxyl groups is 7. The number of aliphatic hydroxyl groups is 2. The Labute approximate surface area is 242 Å². The number of phenolic OH excluding ortho intramolecular Hbond substituents is 7. The summed E-state index contributed by atoms with van der Waals surface area (Å²) in [6.45, 7) is 0. The molecule has 43 heavy (non-hydrogen) atoms. The second kappa shape index (κ2) is 10.2. The molecule has 9 N–H and O–H groups in total. The van der Waals surface area contributed by atoms with E-state index in [1.54, 1.807) is 0 Å². The lowest BCUT2D eigenvalue weighted by Gasteiger charge is -2.40. The highest BCUT2D eigenvalue weighted by Gasteiger charge is 2.46. The molecule has 6 rings (SSSR count). The molecule has 4 aromatic rings. The van der Waals surface area contributed by atoms with Crippen LogP contribution in [0.25, 0.3) is 0 Å². The minimum atomic E-state index is -1.62. The van der Waals surface area contributed by atoms with Crippen LogP contribution in [0.2, 0.25) is 0 Å². The molecule has 5 atom stereocenters. The molecule has 1 unspecified atom stereocenters. The van der Waals surface area contributed by atoms with Gasteiger partial charge in [-0.05, 0) is 40.6 Å². The molecular formula is C30H25NO12. The van der Waals surface area contributed by atoms with Gasteiger partial charge in [0.05, 0.1) is 12.0 Å². The van der Waals surface area contributed by atoms with Gasteiger partial charge in [0.1, 0.15) is 58.1 Å². The summed E-state index contributed by atoms with van der Waals surface area (Å²) in [4.78, 5) is 11.0. The van der Waals surface area contributed by atoms with Crippen LogP contribution in [-0.4, -0.2) is 58.2 Å². The van der Waals surface area contributed by atoms with E-state index in [-0.39, 0.29) is 57.2 Å². The maximum absolute atomic E-state index is 11.8. The van der Waals surface area contributed by atoms with E-state index < -0.39 is 64.8 Å². The number of benzene rings is 4. The van der Waals surface area contributed by atoms with Gasteiger partial charge in [0.2, 0.25) is 0 Å². The molecule has 2 aliphatic heterocycles. The number of nitroso groups, excluding NO2 is 1. The normalized spacial score (nSPS) is 22.5. The first-order valence-electron chi connectivity index (χ1n) is 13.0. The van der Waals surface area contributed by atoms with E-state index in [4.69, 9.17) is 9.47 Å². The van der Waals surface area contributed by atoms with Crippen molar-refractivity contribution in [2.45, 2.75) is 36.8 Å². The van der Waals surface area contributed by atoms with Crippen molar-refractivity contribution in [1.29, 1.82) is 0 Å². The highest BCUT2D eigenvalue weighted by Crippen LogP contribution is 2.57. The summed E-state index contributed by atoms with van der Waals surface area (Å²) in [5.74, 6) is -4.79. The lowest BCUT2D eigenvalue weighted by atomic mass is 9.77. The van der Waals surface area contributed by atoms with E-state index >= 15 is 0 Å². The number of ether oxygens (including phenoxy) is 2. The fraction of sp³-hybridized carbons (Fsp3) is 0.200. The standard InChI is InChI=1S/C30H25NO12/c32-13-7-20(37)24-23(8-13)42-29(12-1-3-15(31-41)18(35)5-12)27(40)26(24)25-21(38)10-17(34)14-9-22(39)28(43-30(14)25)11-2-4-16(33)19(36)6-11/h1-8,10,22,26-29,32-40H,9H2/t22-,26?,27-,28-,29-/m1/s1. The summed E-state index contributed by atoms with van der Waals surface area (Å²) in [7, 11) is 0. The highest BCUT2D eigenvalue weighted by atomic mass is 16.5. The molecule has 0 saturated heterocycles. The van der Waals surface area contributed by atoms with E-state index in [9.17, 15) is 50.9 Å². The molecule has 0 saturated carbocycles. The van der Waals surface area contributed by atoms with Crippen LogP contribution in [0, 0.1) is 4.91 Å². The van der Waals surface area contributed by atoms with Crippen LogP contribution in [0.15, 0.2) is 59.8 Å². The molecule has 222 valence electrons. The molecule has 0 spiro atoms. The third kappa shape index (κ3) is 4.51. The number of hydrogen-bond donors (Lipinski definition) is 9. The van der Waals surface area contributed by atoms with Crippen LogP contribution < -0.4 is 9.47 Å². The first-order valence-corrected chi connectivity index (χ1v) is 13.0. The van der Waals surface area contributed by atoms with E-state index in [0.29, 0.717) is 0 Å². The number of rotatable bonds is 4. The first-order chi connectivity index (χ1) is 20.5. The van der Waals surface area contributed by atoms with E-state index in [1.807, 2.05) is 0 Å². The molecule has 0 amide bonds. The largest absolute Gasteiger partial charge is 0.508 e. The lowest BCUT2D eigenvalue weighted by Crippen LogP contribution is -2.36. The van der Waals surface area contributed by atoms with Gasteiger partial charge in [0.15, 0.2) is 17.6 Å². The second-order valence-corrected chi connectivity index (χ2v) is 10.4. The van der Waals surface area contributed by atoms with Gasteiger partial charge < -0.3 is 55.4 Å². The third-order valence-corrected chi connectivity index (χ3v) is 7.77. The summed E-state index contributed by atoms with van der Waals surface area (Å²) in [5.41, 5.74) is 0.0928. The zero-order valence-electron chi connectivity index (χ0n) is 22.0. The average molecular weight is 592 g/mol. The number of hydrogen-bond acceptors (Lipinski definition) is 13. The fourth-order valence-electron chi connectivity index (χ4n) is 5.79. The predicted molar refractivity (Wildman–Crippen MR) is 147 cm³/mol. The van der Waals surface area contributed by atoms with E-state index in [2.05, 4.69) is 5.18 Å². The Hall–Kier alpha value is -5.40. The van der Waals surface area contributed by atoms with Crippen LogP contribution >= 0.6 is 0 Å². The second-order valence-electron chi connectivity index (χ2n) is 10.4. The lowest BCUT2D eigenvalue weighted by molar-refractivity contribution is 0.00118. The zero-order chi connectivity index (χ0) is 30.7. The Bertz CT molecular complexity index is 1770. The number of nitrogens with zero attached hydrogens (tertiary/aromatic N) is 1. The molecule has 2 heterocycles. The average Bonchev–Trinajstić information content (AvgIpc) is 2.95. The van der Waals surface area contributed by atoms with Crippen LogP contribution in [0.3, 0.4) is 0 Å². The van der Waals surface area contributed by atoms with Crippen molar-refractivity contribution in [2.75, 3.05) is 0 Å². The van der Waals surface area contributed by atoms with Gasteiger partial charge >= 0.3 is 0 Å². The fourth-order valence-corrected chi connectivity index (χ4v) is 5.79. The van der Waals surface area contributed by atoms with Crippen LogP contribution in [-0.2, 0) is 6.42 Å². The molecule has 13 nitrogen and oxygen atoms in total. The minimum absolute atomic E-state index is 0.0475. The molecule has 2 aliphatic rings. The van der Waals surface area contributed by atoms with Crippen molar-refractivity contribution in [3.8, 4) is 51.7 Å². The molecule has 0 bridgehead atoms. The number of aliphatic hydroxyl groups excluding tert-OH is 2.